The minimum atomic E-state index is 0.512. The fraction of sp³-hybridized carbons (Fsp3) is 0.625. The van der Waals surface area contributed by atoms with Crippen LogP contribution in [0.15, 0.2) is 18.2 Å². The number of hydrogen-bond acceptors (Lipinski definition) is 3. The van der Waals surface area contributed by atoms with Gasteiger partial charge in [-0.05, 0) is 43.9 Å². The Bertz CT molecular complexity index is 377. The van der Waals surface area contributed by atoms with Crippen molar-refractivity contribution >= 4 is 0 Å². The van der Waals surface area contributed by atoms with E-state index in [9.17, 15) is 0 Å². The Morgan fingerprint density at radius 3 is 2.37 bits per heavy atom. The van der Waals surface area contributed by atoms with Crippen LogP contribution in [0.3, 0.4) is 0 Å². The molecule has 1 atom stereocenters. The molecule has 0 aliphatic carbocycles. The van der Waals surface area contributed by atoms with Gasteiger partial charge in [-0.3, -0.25) is 0 Å². The lowest BCUT2D eigenvalue weighted by molar-refractivity contribution is 0.392. The zero-order chi connectivity index (χ0) is 14.3. The summed E-state index contributed by atoms with van der Waals surface area (Å²) in [6.07, 6.45) is 2.45. The van der Waals surface area contributed by atoms with Crippen molar-refractivity contribution in [1.29, 1.82) is 0 Å². The van der Waals surface area contributed by atoms with E-state index in [1.807, 2.05) is 18.2 Å². The predicted molar refractivity (Wildman–Crippen MR) is 79.9 cm³/mol. The van der Waals surface area contributed by atoms with Crippen molar-refractivity contribution in [1.82, 2.24) is 5.32 Å². The van der Waals surface area contributed by atoms with E-state index in [1.54, 1.807) is 14.2 Å². The van der Waals surface area contributed by atoms with Gasteiger partial charge in [-0.2, -0.15) is 0 Å². The Morgan fingerprint density at radius 2 is 1.79 bits per heavy atom. The van der Waals surface area contributed by atoms with Gasteiger partial charge in [0.1, 0.15) is 11.5 Å². The van der Waals surface area contributed by atoms with Crippen LogP contribution in [0.1, 0.15) is 39.2 Å². The molecule has 0 bridgehead atoms. The van der Waals surface area contributed by atoms with E-state index in [-0.39, 0.29) is 0 Å². The second-order valence-electron chi connectivity index (χ2n) is 5.43. The first-order chi connectivity index (χ1) is 9.06. The van der Waals surface area contributed by atoms with Crippen LogP contribution >= 0.6 is 0 Å². The number of methoxy groups -OCH3 is 2. The highest BCUT2D eigenvalue weighted by Gasteiger charge is 2.08. The van der Waals surface area contributed by atoms with E-state index in [2.05, 4.69) is 26.1 Å². The first kappa shape index (κ1) is 15.8. The van der Waals surface area contributed by atoms with Gasteiger partial charge in [0.05, 0.1) is 14.2 Å². The van der Waals surface area contributed by atoms with E-state index in [4.69, 9.17) is 9.47 Å². The second kappa shape index (κ2) is 8.05. The summed E-state index contributed by atoms with van der Waals surface area (Å²) < 4.78 is 10.6. The van der Waals surface area contributed by atoms with E-state index in [0.717, 1.165) is 29.5 Å². The molecule has 0 aliphatic rings. The van der Waals surface area contributed by atoms with Crippen LogP contribution in [0.2, 0.25) is 0 Å². The van der Waals surface area contributed by atoms with E-state index in [1.165, 1.54) is 12.8 Å². The molecule has 3 nitrogen and oxygen atoms in total. The molecule has 0 amide bonds. The van der Waals surface area contributed by atoms with Crippen molar-refractivity contribution in [2.45, 2.75) is 46.2 Å². The van der Waals surface area contributed by atoms with Gasteiger partial charge in [-0.1, -0.05) is 13.8 Å². The lowest BCUT2D eigenvalue weighted by atomic mass is 10.0. The summed E-state index contributed by atoms with van der Waals surface area (Å²) >= 11 is 0. The summed E-state index contributed by atoms with van der Waals surface area (Å²) in [4.78, 5) is 0. The standard InChI is InChI=1S/C16H27NO2/c1-12(2)6-7-13(3)17-11-14-10-15(18-4)8-9-16(14)19-5/h8-10,12-13,17H,6-7,11H2,1-5H3. The average Bonchev–Trinajstić information content (AvgIpc) is 2.42. The quantitative estimate of drug-likeness (QED) is 0.778. The Kier molecular flexibility index (Phi) is 6.71. The maximum absolute atomic E-state index is 5.38. The summed E-state index contributed by atoms with van der Waals surface area (Å²) in [5.74, 6) is 2.53. The fourth-order valence-electron chi connectivity index (χ4n) is 1.99. The first-order valence-electron chi connectivity index (χ1n) is 7.01. The van der Waals surface area contributed by atoms with Crippen molar-refractivity contribution in [3.05, 3.63) is 23.8 Å². The van der Waals surface area contributed by atoms with E-state index < -0.39 is 0 Å². The van der Waals surface area contributed by atoms with Crippen molar-refractivity contribution in [2.24, 2.45) is 5.92 Å². The highest BCUT2D eigenvalue weighted by atomic mass is 16.5. The highest BCUT2D eigenvalue weighted by Crippen LogP contribution is 2.24. The van der Waals surface area contributed by atoms with Crippen molar-refractivity contribution in [3.8, 4) is 11.5 Å². The summed E-state index contributed by atoms with van der Waals surface area (Å²) in [6, 6.07) is 6.42. The molecule has 0 saturated heterocycles. The number of benzene rings is 1. The molecule has 1 N–H and O–H groups in total. The maximum Gasteiger partial charge on any atom is 0.123 e. The lowest BCUT2D eigenvalue weighted by Crippen LogP contribution is -2.26. The monoisotopic (exact) mass is 265 g/mol. The van der Waals surface area contributed by atoms with Crippen LogP contribution in [-0.2, 0) is 6.54 Å². The third-order valence-electron chi connectivity index (χ3n) is 3.31. The molecule has 19 heavy (non-hydrogen) atoms. The van der Waals surface area contributed by atoms with E-state index in [0.29, 0.717) is 6.04 Å². The molecule has 1 aromatic carbocycles. The van der Waals surface area contributed by atoms with Crippen LogP contribution < -0.4 is 14.8 Å². The first-order valence-corrected chi connectivity index (χ1v) is 7.01. The molecule has 1 unspecified atom stereocenters. The smallest absolute Gasteiger partial charge is 0.123 e. The highest BCUT2D eigenvalue weighted by molar-refractivity contribution is 5.40. The van der Waals surface area contributed by atoms with Gasteiger partial charge in [0.2, 0.25) is 0 Å². The van der Waals surface area contributed by atoms with Crippen LogP contribution in [0, 0.1) is 5.92 Å². The van der Waals surface area contributed by atoms with Crippen LogP contribution in [0.4, 0.5) is 0 Å². The van der Waals surface area contributed by atoms with Crippen LogP contribution in [-0.4, -0.2) is 20.3 Å². The summed E-state index contributed by atoms with van der Waals surface area (Å²) in [5.41, 5.74) is 1.14. The topological polar surface area (TPSA) is 30.5 Å². The average molecular weight is 265 g/mol. The van der Waals surface area contributed by atoms with Gasteiger partial charge in [0.15, 0.2) is 0 Å². The Labute approximate surface area is 117 Å². The largest absolute Gasteiger partial charge is 0.497 e. The molecular formula is C16H27NO2. The van der Waals surface area contributed by atoms with Gasteiger partial charge in [-0.15, -0.1) is 0 Å². The maximum atomic E-state index is 5.38. The summed E-state index contributed by atoms with van der Waals surface area (Å²) in [5, 5.41) is 3.54. The third kappa shape index (κ3) is 5.52. The zero-order valence-corrected chi connectivity index (χ0v) is 12.8. The minimum absolute atomic E-state index is 0.512. The van der Waals surface area contributed by atoms with Gasteiger partial charge >= 0.3 is 0 Å². The fourth-order valence-corrected chi connectivity index (χ4v) is 1.99. The normalized spacial score (nSPS) is 12.5. The molecule has 0 saturated carbocycles. The SMILES string of the molecule is COc1ccc(OC)c(CNC(C)CCC(C)C)c1. The number of hydrogen-bond donors (Lipinski definition) is 1. The van der Waals surface area contributed by atoms with Crippen molar-refractivity contribution in [3.63, 3.8) is 0 Å². The zero-order valence-electron chi connectivity index (χ0n) is 12.8. The minimum Gasteiger partial charge on any atom is -0.497 e. The molecule has 3 heteroatoms. The summed E-state index contributed by atoms with van der Waals surface area (Å²) in [7, 11) is 3.39. The number of rotatable bonds is 8. The van der Waals surface area contributed by atoms with Crippen molar-refractivity contribution < 1.29 is 9.47 Å². The van der Waals surface area contributed by atoms with Crippen LogP contribution in [0.5, 0.6) is 11.5 Å². The summed E-state index contributed by atoms with van der Waals surface area (Å²) in [6.45, 7) is 7.56. The molecule has 1 aromatic rings. The Hall–Kier alpha value is -1.22. The molecule has 0 fully saturated rings. The van der Waals surface area contributed by atoms with Gasteiger partial charge in [0, 0.05) is 18.2 Å². The molecule has 108 valence electrons. The molecule has 0 aliphatic heterocycles. The lowest BCUT2D eigenvalue weighted by Gasteiger charge is -2.17. The number of nitrogens with one attached hydrogen (secondary N) is 1. The predicted octanol–water partition coefficient (Wildman–Crippen LogP) is 3.62. The van der Waals surface area contributed by atoms with Gasteiger partial charge in [0.25, 0.3) is 0 Å². The molecule has 0 spiro atoms. The van der Waals surface area contributed by atoms with Crippen LogP contribution in [0.25, 0.3) is 0 Å². The Morgan fingerprint density at radius 1 is 1.05 bits per heavy atom. The molecular weight excluding hydrogens is 238 g/mol. The number of ether oxygens (including phenoxy) is 2. The van der Waals surface area contributed by atoms with Crippen molar-refractivity contribution in [2.75, 3.05) is 14.2 Å². The molecule has 0 aromatic heterocycles. The Balaban J connectivity index is 2.55. The second-order valence-corrected chi connectivity index (χ2v) is 5.43. The molecule has 1 rings (SSSR count). The third-order valence-corrected chi connectivity index (χ3v) is 3.31. The van der Waals surface area contributed by atoms with Gasteiger partial charge in [-0.25, -0.2) is 0 Å². The molecule has 0 heterocycles. The van der Waals surface area contributed by atoms with E-state index >= 15 is 0 Å². The van der Waals surface area contributed by atoms with Gasteiger partial charge < -0.3 is 14.8 Å². The molecule has 0 radical (unpaired) electrons.